The SMILES string of the molecule is CCC(OCOC)C(C)O. The van der Waals surface area contributed by atoms with Gasteiger partial charge in [-0.2, -0.15) is 0 Å². The van der Waals surface area contributed by atoms with E-state index in [-0.39, 0.29) is 12.9 Å². The second-order valence-corrected chi connectivity index (χ2v) is 2.26. The number of aliphatic hydroxyl groups excluding tert-OH is 1. The predicted molar refractivity (Wildman–Crippen MR) is 38.7 cm³/mol. The van der Waals surface area contributed by atoms with Crippen molar-refractivity contribution in [1.29, 1.82) is 0 Å². The summed E-state index contributed by atoms with van der Waals surface area (Å²) in [5.74, 6) is 0. The van der Waals surface area contributed by atoms with Gasteiger partial charge in [-0.3, -0.25) is 0 Å². The van der Waals surface area contributed by atoms with Crippen molar-refractivity contribution in [3.05, 3.63) is 0 Å². The van der Waals surface area contributed by atoms with Gasteiger partial charge in [0.25, 0.3) is 0 Å². The van der Waals surface area contributed by atoms with Gasteiger partial charge in [0.1, 0.15) is 6.79 Å². The molecule has 0 spiro atoms. The molecule has 0 rings (SSSR count). The molecule has 2 unspecified atom stereocenters. The first-order valence-corrected chi connectivity index (χ1v) is 3.51. The lowest BCUT2D eigenvalue weighted by molar-refractivity contribution is -0.109. The van der Waals surface area contributed by atoms with Crippen LogP contribution in [0.15, 0.2) is 0 Å². The molecule has 0 amide bonds. The second kappa shape index (κ2) is 5.65. The molecule has 0 aliphatic heterocycles. The van der Waals surface area contributed by atoms with E-state index in [4.69, 9.17) is 14.6 Å². The van der Waals surface area contributed by atoms with E-state index >= 15 is 0 Å². The van der Waals surface area contributed by atoms with E-state index in [1.807, 2.05) is 6.92 Å². The first-order valence-electron chi connectivity index (χ1n) is 3.51. The van der Waals surface area contributed by atoms with Crippen LogP contribution in [0.2, 0.25) is 0 Å². The Morgan fingerprint density at radius 1 is 1.50 bits per heavy atom. The number of methoxy groups -OCH3 is 1. The highest BCUT2D eigenvalue weighted by Crippen LogP contribution is 2.02. The number of ether oxygens (including phenoxy) is 2. The van der Waals surface area contributed by atoms with Gasteiger partial charge in [-0.15, -0.1) is 0 Å². The number of hydrogen-bond donors (Lipinski definition) is 1. The van der Waals surface area contributed by atoms with Crippen molar-refractivity contribution in [3.63, 3.8) is 0 Å². The molecule has 0 aromatic heterocycles. The van der Waals surface area contributed by atoms with E-state index in [0.29, 0.717) is 0 Å². The van der Waals surface area contributed by atoms with Crippen LogP contribution in [0.3, 0.4) is 0 Å². The number of rotatable bonds is 5. The Bertz CT molecular complexity index is 73.3. The minimum absolute atomic E-state index is 0.0973. The molecule has 0 fully saturated rings. The van der Waals surface area contributed by atoms with Gasteiger partial charge >= 0.3 is 0 Å². The topological polar surface area (TPSA) is 38.7 Å². The van der Waals surface area contributed by atoms with Gasteiger partial charge in [-0.25, -0.2) is 0 Å². The highest BCUT2D eigenvalue weighted by molar-refractivity contribution is 4.60. The van der Waals surface area contributed by atoms with Crippen LogP contribution in [-0.2, 0) is 9.47 Å². The predicted octanol–water partition coefficient (Wildman–Crippen LogP) is 0.766. The van der Waals surface area contributed by atoms with Crippen molar-refractivity contribution < 1.29 is 14.6 Å². The zero-order chi connectivity index (χ0) is 7.98. The molecule has 0 bridgehead atoms. The Morgan fingerprint density at radius 2 is 2.10 bits per heavy atom. The highest BCUT2D eigenvalue weighted by atomic mass is 16.7. The normalized spacial score (nSPS) is 16.8. The summed E-state index contributed by atoms with van der Waals surface area (Å²) in [5, 5.41) is 9.06. The Morgan fingerprint density at radius 3 is 2.40 bits per heavy atom. The molecule has 3 heteroatoms. The smallest absolute Gasteiger partial charge is 0.146 e. The van der Waals surface area contributed by atoms with Gasteiger partial charge in [0.15, 0.2) is 0 Å². The van der Waals surface area contributed by atoms with Crippen molar-refractivity contribution in [1.82, 2.24) is 0 Å². The zero-order valence-corrected chi connectivity index (χ0v) is 6.83. The molecule has 0 aliphatic carbocycles. The van der Waals surface area contributed by atoms with E-state index in [0.717, 1.165) is 6.42 Å². The van der Waals surface area contributed by atoms with Crippen LogP contribution in [-0.4, -0.2) is 31.2 Å². The van der Waals surface area contributed by atoms with E-state index in [9.17, 15) is 0 Å². The van der Waals surface area contributed by atoms with Crippen LogP contribution >= 0.6 is 0 Å². The van der Waals surface area contributed by atoms with Crippen LogP contribution in [0.25, 0.3) is 0 Å². The number of hydrogen-bond acceptors (Lipinski definition) is 3. The highest BCUT2D eigenvalue weighted by Gasteiger charge is 2.11. The molecule has 0 aromatic carbocycles. The van der Waals surface area contributed by atoms with Crippen molar-refractivity contribution in [2.45, 2.75) is 32.5 Å². The van der Waals surface area contributed by atoms with Crippen LogP contribution < -0.4 is 0 Å². The van der Waals surface area contributed by atoms with Gasteiger partial charge in [0.2, 0.25) is 0 Å². The molecule has 10 heavy (non-hydrogen) atoms. The standard InChI is InChI=1S/C7H16O3/c1-4-7(6(2)8)10-5-9-3/h6-8H,4-5H2,1-3H3. The molecule has 0 aliphatic rings. The summed E-state index contributed by atoms with van der Waals surface area (Å²) < 4.78 is 9.82. The average Bonchev–Trinajstić information content (AvgIpc) is 1.89. The van der Waals surface area contributed by atoms with Gasteiger partial charge < -0.3 is 14.6 Å². The molecular formula is C7H16O3. The molecule has 0 heterocycles. The summed E-state index contributed by atoms with van der Waals surface area (Å²) in [6.07, 6.45) is 0.293. The first kappa shape index (κ1) is 9.88. The third-order valence-electron chi connectivity index (χ3n) is 1.34. The van der Waals surface area contributed by atoms with E-state index < -0.39 is 6.10 Å². The van der Waals surface area contributed by atoms with Crippen molar-refractivity contribution >= 4 is 0 Å². The minimum atomic E-state index is -0.417. The molecule has 0 saturated carbocycles. The fourth-order valence-electron chi connectivity index (χ4n) is 0.754. The molecule has 0 radical (unpaired) electrons. The quantitative estimate of drug-likeness (QED) is 0.585. The van der Waals surface area contributed by atoms with Crippen molar-refractivity contribution in [3.8, 4) is 0 Å². The van der Waals surface area contributed by atoms with Gasteiger partial charge in [-0.05, 0) is 13.3 Å². The molecule has 0 aromatic rings. The molecular weight excluding hydrogens is 132 g/mol. The summed E-state index contributed by atoms with van der Waals surface area (Å²) in [7, 11) is 1.56. The maximum atomic E-state index is 9.06. The minimum Gasteiger partial charge on any atom is -0.391 e. The lowest BCUT2D eigenvalue weighted by atomic mass is 10.2. The lowest BCUT2D eigenvalue weighted by Gasteiger charge is -2.17. The summed E-state index contributed by atoms with van der Waals surface area (Å²) in [6.45, 7) is 3.93. The summed E-state index contributed by atoms with van der Waals surface area (Å²) in [5.41, 5.74) is 0. The van der Waals surface area contributed by atoms with Crippen LogP contribution in [0.5, 0.6) is 0 Å². The summed E-state index contributed by atoms with van der Waals surface area (Å²) >= 11 is 0. The van der Waals surface area contributed by atoms with Crippen molar-refractivity contribution in [2.24, 2.45) is 0 Å². The Labute approximate surface area is 62.0 Å². The fourth-order valence-corrected chi connectivity index (χ4v) is 0.754. The second-order valence-electron chi connectivity index (χ2n) is 2.26. The Balaban J connectivity index is 3.40. The van der Waals surface area contributed by atoms with E-state index in [1.165, 1.54) is 0 Å². The van der Waals surface area contributed by atoms with Gasteiger partial charge in [0, 0.05) is 7.11 Å². The third kappa shape index (κ3) is 3.82. The maximum Gasteiger partial charge on any atom is 0.146 e. The monoisotopic (exact) mass is 148 g/mol. The zero-order valence-electron chi connectivity index (χ0n) is 6.83. The Hall–Kier alpha value is -0.120. The largest absolute Gasteiger partial charge is 0.391 e. The number of aliphatic hydroxyl groups is 1. The Kier molecular flexibility index (Phi) is 5.58. The van der Waals surface area contributed by atoms with E-state index in [2.05, 4.69) is 0 Å². The first-order chi connectivity index (χ1) is 4.72. The lowest BCUT2D eigenvalue weighted by Crippen LogP contribution is -2.26. The van der Waals surface area contributed by atoms with Gasteiger partial charge in [0.05, 0.1) is 12.2 Å². The summed E-state index contributed by atoms with van der Waals surface area (Å²) in [6, 6.07) is 0. The molecule has 3 nitrogen and oxygen atoms in total. The molecule has 2 atom stereocenters. The van der Waals surface area contributed by atoms with Crippen LogP contribution in [0, 0.1) is 0 Å². The van der Waals surface area contributed by atoms with Crippen molar-refractivity contribution in [2.75, 3.05) is 13.9 Å². The fraction of sp³-hybridized carbons (Fsp3) is 1.00. The molecule has 62 valence electrons. The maximum absolute atomic E-state index is 9.06. The molecule has 1 N–H and O–H groups in total. The van der Waals surface area contributed by atoms with Crippen LogP contribution in [0.1, 0.15) is 20.3 Å². The van der Waals surface area contributed by atoms with E-state index in [1.54, 1.807) is 14.0 Å². The van der Waals surface area contributed by atoms with Gasteiger partial charge in [-0.1, -0.05) is 6.92 Å². The average molecular weight is 148 g/mol. The molecule has 0 saturated heterocycles. The van der Waals surface area contributed by atoms with Crippen LogP contribution in [0.4, 0.5) is 0 Å². The summed E-state index contributed by atoms with van der Waals surface area (Å²) in [4.78, 5) is 0. The third-order valence-corrected chi connectivity index (χ3v) is 1.34.